The van der Waals surface area contributed by atoms with Crippen LogP contribution in [0.3, 0.4) is 0 Å². The van der Waals surface area contributed by atoms with E-state index in [-0.39, 0.29) is 12.0 Å². The first-order chi connectivity index (χ1) is 15.7. The highest BCUT2D eigenvalue weighted by molar-refractivity contribution is 9.10. The average Bonchev–Trinajstić information content (AvgIpc) is 3.21. The standard InChI is InChI=1S/C22H24BrN5O4S/c1-12-8-14(15-9-18(23)25-11-17(15)31-3)16(10-24-12)19(29)26-20-27-28-21(33-20)32-13-4-6-22(2,30)7-5-13/h8-11,13,30H,4-7H2,1-3H3,(H,26,27,29)/t13-,22-. The number of hydrogen-bond donors (Lipinski definition) is 2. The lowest BCUT2D eigenvalue weighted by molar-refractivity contribution is -0.0110. The van der Waals surface area contributed by atoms with E-state index in [0.29, 0.717) is 50.2 Å². The molecule has 1 aliphatic rings. The van der Waals surface area contributed by atoms with E-state index in [1.54, 1.807) is 19.4 Å². The number of carbonyl (C=O) groups is 1. The van der Waals surface area contributed by atoms with Crippen LogP contribution in [0.4, 0.5) is 5.13 Å². The number of rotatable bonds is 6. The summed E-state index contributed by atoms with van der Waals surface area (Å²) in [5.74, 6) is 0.166. The summed E-state index contributed by atoms with van der Waals surface area (Å²) in [6.45, 7) is 3.70. The number of ether oxygens (including phenoxy) is 2. The molecule has 0 atom stereocenters. The van der Waals surface area contributed by atoms with Crippen LogP contribution in [0.1, 0.15) is 48.7 Å². The van der Waals surface area contributed by atoms with Gasteiger partial charge in [-0.15, -0.1) is 5.10 Å². The number of aromatic nitrogens is 4. The lowest BCUT2D eigenvalue weighted by Gasteiger charge is -2.32. The van der Waals surface area contributed by atoms with Gasteiger partial charge >= 0.3 is 0 Å². The zero-order valence-electron chi connectivity index (χ0n) is 18.5. The van der Waals surface area contributed by atoms with Gasteiger partial charge in [0.25, 0.3) is 11.1 Å². The molecule has 0 bridgehead atoms. The van der Waals surface area contributed by atoms with Crippen LogP contribution in [-0.4, -0.2) is 50.0 Å². The Morgan fingerprint density at radius 3 is 2.70 bits per heavy atom. The third kappa shape index (κ3) is 5.66. The number of nitrogens with zero attached hydrogens (tertiary/aromatic N) is 4. The molecule has 0 saturated heterocycles. The van der Waals surface area contributed by atoms with Gasteiger partial charge in [-0.1, -0.05) is 5.10 Å². The SMILES string of the molecule is COc1cnc(Br)cc1-c1cc(C)ncc1C(=O)Nc1nnc(O[C@H]2CC[C@](C)(O)CC2)s1. The van der Waals surface area contributed by atoms with Gasteiger partial charge in [0.2, 0.25) is 5.13 Å². The zero-order valence-corrected chi connectivity index (χ0v) is 20.9. The molecule has 3 aromatic rings. The highest BCUT2D eigenvalue weighted by Gasteiger charge is 2.30. The lowest BCUT2D eigenvalue weighted by Crippen LogP contribution is -2.34. The Kier molecular flexibility index (Phi) is 6.91. The van der Waals surface area contributed by atoms with E-state index >= 15 is 0 Å². The van der Waals surface area contributed by atoms with E-state index in [0.717, 1.165) is 29.9 Å². The molecule has 0 unspecified atom stereocenters. The predicted molar refractivity (Wildman–Crippen MR) is 128 cm³/mol. The highest BCUT2D eigenvalue weighted by Crippen LogP contribution is 2.35. The second-order valence-electron chi connectivity index (χ2n) is 8.22. The summed E-state index contributed by atoms with van der Waals surface area (Å²) < 4.78 is 12.0. The Morgan fingerprint density at radius 1 is 1.21 bits per heavy atom. The summed E-state index contributed by atoms with van der Waals surface area (Å²) in [6, 6.07) is 3.62. The Morgan fingerprint density at radius 2 is 1.97 bits per heavy atom. The van der Waals surface area contributed by atoms with E-state index < -0.39 is 5.60 Å². The van der Waals surface area contributed by atoms with Crippen molar-refractivity contribution in [2.24, 2.45) is 0 Å². The van der Waals surface area contributed by atoms with Crippen molar-refractivity contribution in [2.75, 3.05) is 12.4 Å². The van der Waals surface area contributed by atoms with Crippen LogP contribution in [-0.2, 0) is 0 Å². The summed E-state index contributed by atoms with van der Waals surface area (Å²) in [5, 5.41) is 21.7. The fraction of sp³-hybridized carbons (Fsp3) is 0.409. The second-order valence-corrected chi connectivity index (χ2v) is 9.97. The van der Waals surface area contributed by atoms with Gasteiger partial charge < -0.3 is 14.6 Å². The van der Waals surface area contributed by atoms with Gasteiger partial charge in [0.05, 0.1) is 24.5 Å². The van der Waals surface area contributed by atoms with E-state index in [9.17, 15) is 9.90 Å². The third-order valence-corrected chi connectivity index (χ3v) is 6.70. The first-order valence-corrected chi connectivity index (χ1v) is 12.1. The molecule has 9 nitrogen and oxygen atoms in total. The molecule has 0 aliphatic heterocycles. The molecule has 4 rings (SSSR count). The molecule has 174 valence electrons. The van der Waals surface area contributed by atoms with Gasteiger partial charge in [0.1, 0.15) is 16.5 Å². The normalized spacial score (nSPS) is 20.3. The molecule has 3 aromatic heterocycles. The topological polar surface area (TPSA) is 119 Å². The van der Waals surface area contributed by atoms with Crippen LogP contribution < -0.4 is 14.8 Å². The maximum absolute atomic E-state index is 13.1. The first-order valence-electron chi connectivity index (χ1n) is 10.4. The molecule has 11 heteroatoms. The number of anilines is 1. The van der Waals surface area contributed by atoms with Crippen molar-refractivity contribution in [2.45, 2.75) is 51.2 Å². The van der Waals surface area contributed by atoms with Crippen LogP contribution in [0.5, 0.6) is 10.9 Å². The molecular formula is C22H24BrN5O4S. The minimum Gasteiger partial charge on any atom is -0.494 e. The predicted octanol–water partition coefficient (Wildman–Crippen LogP) is 4.40. The molecule has 0 aromatic carbocycles. The Balaban J connectivity index is 1.52. The van der Waals surface area contributed by atoms with Gasteiger partial charge in [-0.2, -0.15) is 0 Å². The number of aliphatic hydroxyl groups is 1. The van der Waals surface area contributed by atoms with Gasteiger partial charge in [-0.05, 0) is 78.9 Å². The summed E-state index contributed by atoms with van der Waals surface area (Å²) in [5.41, 5.74) is 1.87. The van der Waals surface area contributed by atoms with Crippen molar-refractivity contribution in [3.05, 3.63) is 40.4 Å². The van der Waals surface area contributed by atoms with E-state index in [1.165, 1.54) is 6.20 Å². The number of carbonyl (C=O) groups excluding carboxylic acids is 1. The van der Waals surface area contributed by atoms with Crippen molar-refractivity contribution in [3.8, 4) is 22.1 Å². The molecular weight excluding hydrogens is 510 g/mol. The van der Waals surface area contributed by atoms with Crippen molar-refractivity contribution >= 4 is 38.3 Å². The van der Waals surface area contributed by atoms with Gasteiger partial charge in [0.15, 0.2) is 0 Å². The number of pyridine rings is 2. The number of hydrogen-bond acceptors (Lipinski definition) is 9. The van der Waals surface area contributed by atoms with Crippen molar-refractivity contribution < 1.29 is 19.4 Å². The fourth-order valence-corrected chi connectivity index (χ4v) is 4.69. The van der Waals surface area contributed by atoms with Crippen molar-refractivity contribution in [3.63, 3.8) is 0 Å². The third-order valence-electron chi connectivity index (χ3n) is 5.53. The first kappa shape index (κ1) is 23.5. The molecule has 33 heavy (non-hydrogen) atoms. The molecule has 1 amide bonds. The van der Waals surface area contributed by atoms with E-state index in [1.807, 2.05) is 19.9 Å². The fourth-order valence-electron chi connectivity index (χ4n) is 3.70. The molecule has 0 spiro atoms. The summed E-state index contributed by atoms with van der Waals surface area (Å²) >= 11 is 4.54. The maximum atomic E-state index is 13.1. The van der Waals surface area contributed by atoms with Crippen LogP contribution in [0, 0.1) is 6.92 Å². The smallest absolute Gasteiger partial charge is 0.296 e. The average molecular weight is 534 g/mol. The van der Waals surface area contributed by atoms with E-state index in [2.05, 4.69) is 41.4 Å². The molecule has 1 saturated carbocycles. The monoisotopic (exact) mass is 533 g/mol. The van der Waals surface area contributed by atoms with Crippen LogP contribution in [0.25, 0.3) is 11.1 Å². The van der Waals surface area contributed by atoms with Crippen molar-refractivity contribution in [1.82, 2.24) is 20.2 Å². The lowest BCUT2D eigenvalue weighted by atomic mass is 9.85. The number of methoxy groups -OCH3 is 1. The minimum atomic E-state index is -0.632. The second kappa shape index (κ2) is 9.70. The molecule has 2 N–H and O–H groups in total. The summed E-state index contributed by atoms with van der Waals surface area (Å²) in [4.78, 5) is 21.6. The molecule has 1 aliphatic carbocycles. The number of halogens is 1. The molecule has 3 heterocycles. The number of nitrogens with one attached hydrogen (secondary N) is 1. The van der Waals surface area contributed by atoms with Crippen LogP contribution >= 0.6 is 27.3 Å². The van der Waals surface area contributed by atoms with Gasteiger partial charge in [-0.3, -0.25) is 15.1 Å². The molecule has 1 fully saturated rings. The van der Waals surface area contributed by atoms with Gasteiger partial charge in [-0.25, -0.2) is 4.98 Å². The quantitative estimate of drug-likeness (QED) is 0.447. The number of aryl methyl sites for hydroxylation is 1. The Labute approximate surface area is 203 Å². The Bertz CT molecular complexity index is 1160. The van der Waals surface area contributed by atoms with Gasteiger partial charge in [0, 0.05) is 23.0 Å². The minimum absolute atomic E-state index is 0.0211. The number of amides is 1. The maximum Gasteiger partial charge on any atom is 0.296 e. The van der Waals surface area contributed by atoms with E-state index in [4.69, 9.17) is 9.47 Å². The zero-order chi connectivity index (χ0) is 23.6. The van der Waals surface area contributed by atoms with Crippen molar-refractivity contribution in [1.29, 1.82) is 0 Å². The summed E-state index contributed by atoms with van der Waals surface area (Å²) in [6.07, 6.45) is 5.95. The van der Waals surface area contributed by atoms with Crippen LogP contribution in [0.2, 0.25) is 0 Å². The molecule has 0 radical (unpaired) electrons. The largest absolute Gasteiger partial charge is 0.494 e. The Hall–Kier alpha value is -2.63. The van der Waals surface area contributed by atoms with Crippen LogP contribution in [0.15, 0.2) is 29.1 Å². The summed E-state index contributed by atoms with van der Waals surface area (Å²) in [7, 11) is 1.55. The highest BCUT2D eigenvalue weighted by atomic mass is 79.9.